The molecule has 0 unspecified atom stereocenters. The van der Waals surface area contributed by atoms with E-state index >= 15 is 0 Å². The van der Waals surface area contributed by atoms with Gasteiger partial charge in [0.2, 0.25) is 0 Å². The largest absolute Gasteiger partial charge is 0.462 e. The SMILES string of the molecule is CCOC(=O)c1cnn(N)c1. The normalized spacial score (nSPS) is 9.55. The maximum absolute atomic E-state index is 10.9. The van der Waals surface area contributed by atoms with Gasteiger partial charge >= 0.3 is 5.97 Å². The van der Waals surface area contributed by atoms with E-state index in [-0.39, 0.29) is 0 Å². The van der Waals surface area contributed by atoms with Gasteiger partial charge < -0.3 is 10.6 Å². The third-order valence-corrected chi connectivity index (χ3v) is 1.11. The molecule has 5 heteroatoms. The number of rotatable bonds is 2. The van der Waals surface area contributed by atoms with E-state index in [1.54, 1.807) is 6.92 Å². The molecule has 60 valence electrons. The Morgan fingerprint density at radius 3 is 3.09 bits per heavy atom. The van der Waals surface area contributed by atoms with Crippen LogP contribution in [0.2, 0.25) is 0 Å². The van der Waals surface area contributed by atoms with Gasteiger partial charge in [0, 0.05) is 0 Å². The van der Waals surface area contributed by atoms with E-state index < -0.39 is 5.97 Å². The monoisotopic (exact) mass is 155 g/mol. The van der Waals surface area contributed by atoms with Crippen molar-refractivity contribution in [3.63, 3.8) is 0 Å². The molecule has 0 aliphatic rings. The number of carbonyl (C=O) groups is 1. The topological polar surface area (TPSA) is 70.1 Å². The van der Waals surface area contributed by atoms with Gasteiger partial charge in [-0.05, 0) is 6.92 Å². The van der Waals surface area contributed by atoms with Crippen LogP contribution in [0.3, 0.4) is 0 Å². The number of esters is 1. The molecule has 1 heterocycles. The van der Waals surface area contributed by atoms with Crippen LogP contribution in [-0.2, 0) is 4.74 Å². The quantitative estimate of drug-likeness (QED) is 0.473. The Morgan fingerprint density at radius 2 is 2.64 bits per heavy atom. The summed E-state index contributed by atoms with van der Waals surface area (Å²) in [5.74, 6) is 4.81. The maximum Gasteiger partial charge on any atom is 0.341 e. The van der Waals surface area contributed by atoms with Crippen LogP contribution in [-0.4, -0.2) is 22.5 Å². The summed E-state index contributed by atoms with van der Waals surface area (Å²) in [6, 6.07) is 0. The fourth-order valence-electron chi connectivity index (χ4n) is 0.658. The highest BCUT2D eigenvalue weighted by Gasteiger charge is 2.07. The molecule has 0 aliphatic carbocycles. The van der Waals surface area contributed by atoms with Crippen LogP contribution >= 0.6 is 0 Å². The van der Waals surface area contributed by atoms with Crippen molar-refractivity contribution in [3.8, 4) is 0 Å². The van der Waals surface area contributed by atoms with Gasteiger partial charge in [-0.15, -0.1) is 0 Å². The molecule has 1 aromatic heterocycles. The van der Waals surface area contributed by atoms with Crippen molar-refractivity contribution in [3.05, 3.63) is 18.0 Å². The van der Waals surface area contributed by atoms with E-state index in [0.29, 0.717) is 12.2 Å². The molecule has 0 spiro atoms. The highest BCUT2D eigenvalue weighted by molar-refractivity contribution is 5.88. The summed E-state index contributed by atoms with van der Waals surface area (Å²) in [4.78, 5) is 12.0. The molecule has 11 heavy (non-hydrogen) atoms. The first-order valence-electron chi connectivity index (χ1n) is 3.21. The number of ether oxygens (including phenoxy) is 1. The molecule has 0 bridgehead atoms. The van der Waals surface area contributed by atoms with Crippen LogP contribution < -0.4 is 5.84 Å². The van der Waals surface area contributed by atoms with E-state index in [1.807, 2.05) is 0 Å². The standard InChI is InChI=1S/C6H9N3O2/c1-2-11-6(10)5-3-8-9(7)4-5/h3-4H,2,7H2,1H3. The summed E-state index contributed by atoms with van der Waals surface area (Å²) >= 11 is 0. The fourth-order valence-corrected chi connectivity index (χ4v) is 0.658. The number of carbonyl (C=O) groups excluding carboxylic acids is 1. The van der Waals surface area contributed by atoms with Gasteiger partial charge in [-0.25, -0.2) is 4.79 Å². The van der Waals surface area contributed by atoms with Crippen molar-refractivity contribution in [2.75, 3.05) is 12.4 Å². The van der Waals surface area contributed by atoms with Crippen molar-refractivity contribution >= 4 is 5.97 Å². The Hall–Kier alpha value is -1.52. The zero-order valence-electron chi connectivity index (χ0n) is 6.15. The second kappa shape index (κ2) is 3.05. The Balaban J connectivity index is 2.69. The molecule has 0 fully saturated rings. The van der Waals surface area contributed by atoms with Crippen LogP contribution in [0.25, 0.3) is 0 Å². The number of hydrogen-bond donors (Lipinski definition) is 1. The predicted octanol–water partition coefficient (Wildman–Crippen LogP) is -0.226. The molecule has 5 nitrogen and oxygen atoms in total. The highest BCUT2D eigenvalue weighted by Crippen LogP contribution is 1.97. The Morgan fingerprint density at radius 1 is 1.91 bits per heavy atom. The molecule has 0 aromatic carbocycles. The lowest BCUT2D eigenvalue weighted by molar-refractivity contribution is 0.0526. The van der Waals surface area contributed by atoms with Gasteiger partial charge in [0.25, 0.3) is 0 Å². The number of nitrogen functional groups attached to an aromatic ring is 1. The summed E-state index contributed by atoms with van der Waals surface area (Å²) in [6.07, 6.45) is 2.76. The number of nitrogens with two attached hydrogens (primary N) is 1. The number of hydrogen-bond acceptors (Lipinski definition) is 4. The third-order valence-electron chi connectivity index (χ3n) is 1.11. The minimum atomic E-state index is -0.399. The number of nitrogens with zero attached hydrogens (tertiary/aromatic N) is 2. The van der Waals surface area contributed by atoms with Crippen molar-refractivity contribution in [1.82, 2.24) is 9.89 Å². The van der Waals surface area contributed by atoms with Crippen molar-refractivity contribution in [2.24, 2.45) is 0 Å². The van der Waals surface area contributed by atoms with E-state index in [0.717, 1.165) is 4.79 Å². The summed E-state index contributed by atoms with van der Waals surface area (Å²) in [5, 5.41) is 3.61. The minimum absolute atomic E-state index is 0.356. The fraction of sp³-hybridized carbons (Fsp3) is 0.333. The van der Waals surface area contributed by atoms with Crippen LogP contribution in [0.5, 0.6) is 0 Å². The summed E-state index contributed by atoms with van der Waals surface area (Å²) in [5.41, 5.74) is 0.370. The van der Waals surface area contributed by atoms with E-state index in [9.17, 15) is 4.79 Å². The van der Waals surface area contributed by atoms with Crippen molar-refractivity contribution < 1.29 is 9.53 Å². The van der Waals surface area contributed by atoms with Gasteiger partial charge in [0.15, 0.2) is 0 Å². The molecular weight excluding hydrogens is 146 g/mol. The molecule has 0 radical (unpaired) electrons. The molecule has 0 amide bonds. The van der Waals surface area contributed by atoms with Crippen LogP contribution in [0, 0.1) is 0 Å². The predicted molar refractivity (Wildman–Crippen MR) is 38.3 cm³/mol. The molecule has 1 rings (SSSR count). The third kappa shape index (κ3) is 1.70. The van der Waals surface area contributed by atoms with E-state index in [1.165, 1.54) is 12.4 Å². The van der Waals surface area contributed by atoms with Crippen molar-refractivity contribution in [1.29, 1.82) is 0 Å². The zero-order valence-corrected chi connectivity index (χ0v) is 6.15. The van der Waals surface area contributed by atoms with Crippen LogP contribution in [0.15, 0.2) is 12.4 Å². The van der Waals surface area contributed by atoms with Gasteiger partial charge in [-0.3, -0.25) is 0 Å². The summed E-state index contributed by atoms with van der Waals surface area (Å²) in [7, 11) is 0. The van der Waals surface area contributed by atoms with Gasteiger partial charge in [0.05, 0.1) is 24.6 Å². The lowest BCUT2D eigenvalue weighted by Crippen LogP contribution is -2.08. The first kappa shape index (κ1) is 7.59. The summed E-state index contributed by atoms with van der Waals surface area (Å²) < 4.78 is 4.69. The number of aromatic nitrogens is 2. The second-order valence-electron chi connectivity index (χ2n) is 1.93. The van der Waals surface area contributed by atoms with Crippen LogP contribution in [0.1, 0.15) is 17.3 Å². The molecule has 0 saturated carbocycles. The molecule has 1 aromatic rings. The lowest BCUT2D eigenvalue weighted by Gasteiger charge is -1.95. The molecular formula is C6H9N3O2. The smallest absolute Gasteiger partial charge is 0.341 e. The average Bonchev–Trinajstić information content (AvgIpc) is 2.36. The first-order chi connectivity index (χ1) is 5.24. The molecule has 0 saturated heterocycles. The highest BCUT2D eigenvalue weighted by atomic mass is 16.5. The summed E-state index contributed by atoms with van der Waals surface area (Å²) in [6.45, 7) is 2.10. The Bertz CT molecular complexity index is 256. The van der Waals surface area contributed by atoms with Gasteiger partial charge in [-0.1, -0.05) is 0 Å². The van der Waals surface area contributed by atoms with E-state index in [4.69, 9.17) is 10.6 Å². The molecule has 0 atom stereocenters. The van der Waals surface area contributed by atoms with Crippen LogP contribution in [0.4, 0.5) is 0 Å². The van der Waals surface area contributed by atoms with Crippen molar-refractivity contribution in [2.45, 2.75) is 6.92 Å². The maximum atomic E-state index is 10.9. The average molecular weight is 155 g/mol. The van der Waals surface area contributed by atoms with E-state index in [2.05, 4.69) is 5.10 Å². The lowest BCUT2D eigenvalue weighted by atomic mass is 10.4. The second-order valence-corrected chi connectivity index (χ2v) is 1.93. The molecule has 0 aliphatic heterocycles. The van der Waals surface area contributed by atoms with Gasteiger partial charge in [0.1, 0.15) is 0 Å². The zero-order chi connectivity index (χ0) is 8.27. The Kier molecular flexibility index (Phi) is 2.10. The van der Waals surface area contributed by atoms with Gasteiger partial charge in [-0.2, -0.15) is 9.89 Å². The molecule has 2 N–H and O–H groups in total. The minimum Gasteiger partial charge on any atom is -0.462 e. The first-order valence-corrected chi connectivity index (χ1v) is 3.21. The Labute approximate surface area is 63.7 Å².